The van der Waals surface area contributed by atoms with Crippen molar-refractivity contribution in [2.24, 2.45) is 0 Å². The van der Waals surface area contributed by atoms with E-state index >= 15 is 0 Å². The van der Waals surface area contributed by atoms with Crippen LogP contribution in [-0.2, 0) is 4.79 Å². The highest BCUT2D eigenvalue weighted by Gasteiger charge is 2.31. The minimum Gasteiger partial charge on any atom is -0.478 e. The van der Waals surface area contributed by atoms with E-state index in [0.29, 0.717) is 11.1 Å². The van der Waals surface area contributed by atoms with Gasteiger partial charge in [0.25, 0.3) is 0 Å². The van der Waals surface area contributed by atoms with Crippen LogP contribution in [0.5, 0.6) is 0 Å². The zero-order valence-corrected chi connectivity index (χ0v) is 12.6. The van der Waals surface area contributed by atoms with Crippen LogP contribution in [0.3, 0.4) is 0 Å². The fourth-order valence-electron chi connectivity index (χ4n) is 3.26. The molecule has 0 saturated carbocycles. The van der Waals surface area contributed by atoms with Gasteiger partial charge in [-0.1, -0.05) is 17.7 Å². The summed E-state index contributed by atoms with van der Waals surface area (Å²) in [7, 11) is 0. The van der Waals surface area contributed by atoms with E-state index in [0.717, 1.165) is 37.0 Å². The lowest BCUT2D eigenvalue weighted by atomic mass is 10.1. The Labute approximate surface area is 129 Å². The van der Waals surface area contributed by atoms with Crippen molar-refractivity contribution in [1.82, 2.24) is 4.90 Å². The molecule has 1 unspecified atom stereocenters. The number of fused-ring (bicyclic) bond motifs is 1. The van der Waals surface area contributed by atoms with Crippen molar-refractivity contribution in [2.75, 3.05) is 31.1 Å². The SMILES string of the molecule is O=C(O)/C=C/c1ccc(N2CCN3CCCC3C2)c(Cl)c1. The fourth-order valence-corrected chi connectivity index (χ4v) is 3.57. The maximum absolute atomic E-state index is 10.5. The molecule has 1 aromatic rings. The molecule has 2 aliphatic heterocycles. The molecule has 112 valence electrons. The number of carbonyl (C=O) groups is 1. The van der Waals surface area contributed by atoms with Crippen LogP contribution in [0, 0.1) is 0 Å². The van der Waals surface area contributed by atoms with Crippen LogP contribution in [-0.4, -0.2) is 48.2 Å². The number of hydrogen-bond acceptors (Lipinski definition) is 3. The van der Waals surface area contributed by atoms with Gasteiger partial charge in [0.2, 0.25) is 0 Å². The Balaban J connectivity index is 1.75. The second-order valence-corrected chi connectivity index (χ2v) is 6.07. The molecule has 2 fully saturated rings. The number of aliphatic carboxylic acids is 1. The number of piperazine rings is 1. The summed E-state index contributed by atoms with van der Waals surface area (Å²) in [6.45, 7) is 4.36. The molecule has 3 rings (SSSR count). The maximum Gasteiger partial charge on any atom is 0.328 e. The van der Waals surface area contributed by atoms with Crippen LogP contribution in [0.1, 0.15) is 18.4 Å². The first-order chi connectivity index (χ1) is 10.1. The second kappa shape index (κ2) is 6.08. The number of halogens is 1. The quantitative estimate of drug-likeness (QED) is 0.872. The zero-order chi connectivity index (χ0) is 14.8. The third kappa shape index (κ3) is 3.22. The van der Waals surface area contributed by atoms with Crippen molar-refractivity contribution < 1.29 is 9.90 Å². The lowest BCUT2D eigenvalue weighted by molar-refractivity contribution is -0.131. The minimum absolute atomic E-state index is 0.654. The molecule has 0 aromatic heterocycles. The molecule has 1 N–H and O–H groups in total. The van der Waals surface area contributed by atoms with Crippen LogP contribution >= 0.6 is 11.6 Å². The van der Waals surface area contributed by atoms with Crippen molar-refractivity contribution in [1.29, 1.82) is 0 Å². The summed E-state index contributed by atoms with van der Waals surface area (Å²) in [6.07, 6.45) is 5.26. The van der Waals surface area contributed by atoms with Crippen LogP contribution in [0.4, 0.5) is 5.69 Å². The molecule has 0 spiro atoms. The molecule has 0 aliphatic carbocycles. The van der Waals surface area contributed by atoms with E-state index in [2.05, 4.69) is 9.80 Å². The molecule has 2 aliphatic rings. The third-order valence-electron chi connectivity index (χ3n) is 4.32. The Morgan fingerprint density at radius 3 is 2.95 bits per heavy atom. The van der Waals surface area contributed by atoms with Gasteiger partial charge in [-0.2, -0.15) is 0 Å². The fraction of sp³-hybridized carbons (Fsp3) is 0.438. The van der Waals surface area contributed by atoms with E-state index in [9.17, 15) is 4.79 Å². The first kappa shape index (κ1) is 14.4. The standard InChI is InChI=1S/C16H19ClN2O2/c17-14-10-12(4-6-16(20)21)3-5-15(14)19-9-8-18-7-1-2-13(18)11-19/h3-6,10,13H,1-2,7-9,11H2,(H,20,21)/b6-4+. The van der Waals surface area contributed by atoms with Crippen molar-refractivity contribution in [3.8, 4) is 0 Å². The molecule has 0 radical (unpaired) electrons. The summed E-state index contributed by atoms with van der Waals surface area (Å²) in [5.41, 5.74) is 1.86. The van der Waals surface area contributed by atoms with Gasteiger partial charge in [-0.25, -0.2) is 4.79 Å². The van der Waals surface area contributed by atoms with E-state index < -0.39 is 5.97 Å². The Morgan fingerprint density at radius 1 is 1.33 bits per heavy atom. The van der Waals surface area contributed by atoms with Crippen LogP contribution in [0.2, 0.25) is 5.02 Å². The first-order valence-corrected chi connectivity index (χ1v) is 7.71. The summed E-state index contributed by atoms with van der Waals surface area (Å²) in [4.78, 5) is 15.5. The Morgan fingerprint density at radius 2 is 2.19 bits per heavy atom. The topological polar surface area (TPSA) is 43.8 Å². The van der Waals surface area contributed by atoms with Gasteiger partial charge in [0, 0.05) is 31.8 Å². The predicted octanol–water partition coefficient (Wildman–Crippen LogP) is 2.72. The average Bonchev–Trinajstić information content (AvgIpc) is 2.92. The van der Waals surface area contributed by atoms with Gasteiger partial charge in [-0.3, -0.25) is 4.90 Å². The van der Waals surface area contributed by atoms with E-state index in [1.54, 1.807) is 6.08 Å². The number of benzene rings is 1. The third-order valence-corrected chi connectivity index (χ3v) is 4.62. The Bertz CT molecular complexity index is 573. The molecule has 21 heavy (non-hydrogen) atoms. The predicted molar refractivity (Wildman–Crippen MR) is 84.9 cm³/mol. The summed E-state index contributed by atoms with van der Waals surface area (Å²) in [6, 6.07) is 6.40. The summed E-state index contributed by atoms with van der Waals surface area (Å²) < 4.78 is 0. The molecule has 5 heteroatoms. The van der Waals surface area contributed by atoms with Crippen molar-refractivity contribution in [3.63, 3.8) is 0 Å². The van der Waals surface area contributed by atoms with Gasteiger partial charge in [-0.15, -0.1) is 0 Å². The van der Waals surface area contributed by atoms with Gasteiger partial charge >= 0.3 is 5.97 Å². The minimum atomic E-state index is -0.951. The molecule has 2 heterocycles. The maximum atomic E-state index is 10.5. The number of carboxylic acid groups (broad SMARTS) is 1. The highest BCUT2D eigenvalue weighted by molar-refractivity contribution is 6.33. The van der Waals surface area contributed by atoms with Crippen LogP contribution < -0.4 is 4.90 Å². The second-order valence-electron chi connectivity index (χ2n) is 5.66. The molecular weight excluding hydrogens is 288 g/mol. The van der Waals surface area contributed by atoms with Crippen LogP contribution in [0.15, 0.2) is 24.3 Å². The van der Waals surface area contributed by atoms with Gasteiger partial charge in [0.05, 0.1) is 10.7 Å². The lowest BCUT2D eigenvalue weighted by Gasteiger charge is -2.39. The normalized spacial score (nSPS) is 22.7. The smallest absolute Gasteiger partial charge is 0.328 e. The number of carboxylic acids is 1. The van der Waals surface area contributed by atoms with Crippen molar-refractivity contribution in [2.45, 2.75) is 18.9 Å². The molecular formula is C16H19ClN2O2. The Hall–Kier alpha value is -1.52. The van der Waals surface area contributed by atoms with E-state index in [4.69, 9.17) is 16.7 Å². The molecule has 0 amide bonds. The molecule has 2 saturated heterocycles. The summed E-state index contributed by atoms with van der Waals surface area (Å²) in [5, 5.41) is 9.35. The largest absolute Gasteiger partial charge is 0.478 e. The highest BCUT2D eigenvalue weighted by Crippen LogP contribution is 2.31. The lowest BCUT2D eigenvalue weighted by Crippen LogP contribution is -2.50. The van der Waals surface area contributed by atoms with Gasteiger partial charge in [0.15, 0.2) is 0 Å². The van der Waals surface area contributed by atoms with Crippen molar-refractivity contribution in [3.05, 3.63) is 34.9 Å². The zero-order valence-electron chi connectivity index (χ0n) is 11.8. The van der Waals surface area contributed by atoms with E-state index in [-0.39, 0.29) is 0 Å². The summed E-state index contributed by atoms with van der Waals surface area (Å²) >= 11 is 6.38. The number of hydrogen-bond donors (Lipinski definition) is 1. The Kier molecular flexibility index (Phi) is 4.17. The average molecular weight is 307 g/mol. The monoisotopic (exact) mass is 306 g/mol. The van der Waals surface area contributed by atoms with Gasteiger partial charge in [0.1, 0.15) is 0 Å². The highest BCUT2D eigenvalue weighted by atomic mass is 35.5. The van der Waals surface area contributed by atoms with E-state index in [1.165, 1.54) is 19.4 Å². The van der Waals surface area contributed by atoms with Gasteiger partial charge < -0.3 is 10.0 Å². The molecule has 1 atom stereocenters. The molecule has 0 bridgehead atoms. The number of anilines is 1. The van der Waals surface area contributed by atoms with Crippen LogP contribution in [0.25, 0.3) is 6.08 Å². The first-order valence-electron chi connectivity index (χ1n) is 7.33. The van der Waals surface area contributed by atoms with Gasteiger partial charge in [-0.05, 0) is 43.2 Å². The summed E-state index contributed by atoms with van der Waals surface area (Å²) in [5.74, 6) is -0.951. The van der Waals surface area contributed by atoms with E-state index in [1.807, 2.05) is 18.2 Å². The van der Waals surface area contributed by atoms with Crippen molar-refractivity contribution >= 4 is 29.3 Å². The number of nitrogens with zero attached hydrogens (tertiary/aromatic N) is 2. The molecule has 1 aromatic carbocycles. The molecule has 4 nitrogen and oxygen atoms in total. The number of rotatable bonds is 3.